The van der Waals surface area contributed by atoms with E-state index in [9.17, 15) is 4.79 Å². The van der Waals surface area contributed by atoms with Gasteiger partial charge in [-0.15, -0.1) is 10.2 Å². The zero-order valence-electron chi connectivity index (χ0n) is 18.7. The molecule has 0 saturated carbocycles. The summed E-state index contributed by atoms with van der Waals surface area (Å²) in [5.41, 5.74) is 3.25. The van der Waals surface area contributed by atoms with E-state index in [4.69, 9.17) is 9.47 Å². The second-order valence-electron chi connectivity index (χ2n) is 7.61. The minimum absolute atomic E-state index is 0.0214. The van der Waals surface area contributed by atoms with Crippen molar-refractivity contribution in [3.63, 3.8) is 0 Å². The first-order chi connectivity index (χ1) is 15.7. The largest absolute Gasteiger partial charge is 0.497 e. The monoisotopic (exact) mass is 452 g/mol. The minimum Gasteiger partial charge on any atom is -0.497 e. The van der Waals surface area contributed by atoms with Crippen molar-refractivity contribution in [1.82, 2.24) is 19.7 Å². The van der Waals surface area contributed by atoms with Gasteiger partial charge in [-0.2, -0.15) is 0 Å². The number of para-hydroxylation sites is 1. The number of rotatable bonds is 8. The van der Waals surface area contributed by atoms with Crippen molar-refractivity contribution in [3.05, 3.63) is 59.9 Å². The van der Waals surface area contributed by atoms with Gasteiger partial charge in [0.1, 0.15) is 17.8 Å². The lowest BCUT2D eigenvalue weighted by Gasteiger charge is -2.26. The Kier molecular flexibility index (Phi) is 6.99. The molecule has 0 N–H and O–H groups in total. The van der Waals surface area contributed by atoms with E-state index in [1.54, 1.807) is 20.5 Å². The number of thioether (sulfide) groups is 1. The highest BCUT2D eigenvalue weighted by Crippen LogP contribution is 2.39. The van der Waals surface area contributed by atoms with Crippen molar-refractivity contribution in [2.75, 3.05) is 26.5 Å². The molecule has 1 aliphatic heterocycles. The third kappa shape index (κ3) is 4.46. The molecule has 0 bridgehead atoms. The maximum atomic E-state index is 13.2. The first-order valence-electron chi connectivity index (χ1n) is 10.8. The molecule has 0 spiro atoms. The lowest BCUT2D eigenvalue weighted by atomic mass is 10.0. The number of aromatic nitrogens is 3. The van der Waals surface area contributed by atoms with Crippen molar-refractivity contribution >= 4 is 17.7 Å². The fourth-order valence-electron chi connectivity index (χ4n) is 4.23. The van der Waals surface area contributed by atoms with Gasteiger partial charge in [0.25, 0.3) is 0 Å². The highest BCUT2D eigenvalue weighted by Gasteiger charge is 2.32. The highest BCUT2D eigenvalue weighted by atomic mass is 32.2. The number of hydrogen-bond acceptors (Lipinski definition) is 6. The van der Waals surface area contributed by atoms with Gasteiger partial charge in [-0.1, -0.05) is 36.9 Å². The Morgan fingerprint density at radius 3 is 2.81 bits per heavy atom. The number of ether oxygens (including phenoxy) is 2. The molecule has 2 heterocycles. The number of nitrogens with zero attached hydrogens (tertiary/aromatic N) is 4. The molecule has 4 rings (SSSR count). The number of amides is 1. The van der Waals surface area contributed by atoms with Crippen LogP contribution in [0.3, 0.4) is 0 Å². The average molecular weight is 453 g/mol. The third-order valence-corrected chi connectivity index (χ3v) is 6.77. The molecule has 3 aromatic rings. The Labute approximate surface area is 192 Å². The molecule has 2 aromatic carbocycles. The Morgan fingerprint density at radius 1 is 1.19 bits per heavy atom. The van der Waals surface area contributed by atoms with Crippen LogP contribution < -0.4 is 9.47 Å². The van der Waals surface area contributed by atoms with Gasteiger partial charge in [-0.25, -0.2) is 0 Å². The highest BCUT2D eigenvalue weighted by molar-refractivity contribution is 7.99. The van der Waals surface area contributed by atoms with Crippen molar-refractivity contribution in [2.24, 2.45) is 0 Å². The minimum atomic E-state index is -0.0214. The molecular weight excluding hydrogens is 424 g/mol. The van der Waals surface area contributed by atoms with Gasteiger partial charge in [-0.3, -0.25) is 9.36 Å². The molecule has 8 heteroatoms. The molecule has 1 fully saturated rings. The van der Waals surface area contributed by atoms with Gasteiger partial charge in [0.15, 0.2) is 5.16 Å². The standard InChI is InChI=1S/C24H28N4O3S/c1-4-17-8-5-6-9-20(17)28-16-25-26-24(28)32-15-23(29)27-13-7-10-21(27)19-14-18(30-2)11-12-22(19)31-3/h5-6,8-9,11-12,14,16,21H,4,7,10,13,15H2,1-3H3. The molecule has 1 unspecified atom stereocenters. The molecule has 1 aliphatic rings. The summed E-state index contributed by atoms with van der Waals surface area (Å²) in [6, 6.07) is 13.9. The van der Waals surface area contributed by atoms with Crippen molar-refractivity contribution in [2.45, 2.75) is 37.4 Å². The maximum Gasteiger partial charge on any atom is 0.233 e. The molecule has 0 radical (unpaired) electrons. The van der Waals surface area contributed by atoms with Gasteiger partial charge in [0.2, 0.25) is 5.91 Å². The molecule has 1 amide bonds. The predicted molar refractivity (Wildman–Crippen MR) is 125 cm³/mol. The van der Waals surface area contributed by atoms with Gasteiger partial charge in [-0.05, 0) is 49.1 Å². The van der Waals surface area contributed by atoms with Gasteiger partial charge in [0, 0.05) is 12.1 Å². The van der Waals surface area contributed by atoms with Crippen LogP contribution in [0.5, 0.6) is 11.5 Å². The predicted octanol–water partition coefficient (Wildman–Crippen LogP) is 4.30. The summed E-state index contributed by atoms with van der Waals surface area (Å²) < 4.78 is 12.9. The van der Waals surface area contributed by atoms with Crippen molar-refractivity contribution in [3.8, 4) is 17.2 Å². The molecule has 1 atom stereocenters. The number of carbonyl (C=O) groups is 1. The maximum absolute atomic E-state index is 13.2. The summed E-state index contributed by atoms with van der Waals surface area (Å²) in [5.74, 6) is 1.92. The van der Waals surface area contributed by atoms with E-state index in [2.05, 4.69) is 29.3 Å². The Bertz CT molecular complexity index is 1080. The summed E-state index contributed by atoms with van der Waals surface area (Å²) in [6.07, 6.45) is 4.48. The summed E-state index contributed by atoms with van der Waals surface area (Å²) in [6.45, 7) is 2.86. The molecule has 1 aromatic heterocycles. The van der Waals surface area contributed by atoms with E-state index < -0.39 is 0 Å². The molecule has 0 aliphatic carbocycles. The van der Waals surface area contributed by atoms with E-state index in [0.29, 0.717) is 10.9 Å². The average Bonchev–Trinajstić information content (AvgIpc) is 3.51. The SMILES string of the molecule is CCc1ccccc1-n1cnnc1SCC(=O)N1CCCC1c1cc(OC)ccc1OC. The number of aryl methyl sites for hydroxylation is 1. The first kappa shape index (κ1) is 22.2. The zero-order chi connectivity index (χ0) is 22.5. The van der Waals surface area contributed by atoms with Crippen molar-refractivity contribution < 1.29 is 14.3 Å². The summed E-state index contributed by atoms with van der Waals surface area (Å²) >= 11 is 1.42. The van der Waals surface area contributed by atoms with Gasteiger partial charge < -0.3 is 14.4 Å². The fourth-order valence-corrected chi connectivity index (χ4v) is 5.04. The van der Waals surface area contributed by atoms with Crippen LogP contribution >= 0.6 is 11.8 Å². The molecular formula is C24H28N4O3S. The topological polar surface area (TPSA) is 69.5 Å². The van der Waals surface area contributed by atoms with Gasteiger partial charge in [0.05, 0.1) is 31.7 Å². The number of methoxy groups -OCH3 is 2. The van der Waals surface area contributed by atoms with Crippen LogP contribution in [0, 0.1) is 0 Å². The van der Waals surface area contributed by atoms with E-state index in [0.717, 1.165) is 48.6 Å². The first-order valence-corrected chi connectivity index (χ1v) is 11.8. The molecule has 1 saturated heterocycles. The zero-order valence-corrected chi connectivity index (χ0v) is 19.5. The normalized spacial score (nSPS) is 15.7. The molecule has 168 valence electrons. The third-order valence-electron chi connectivity index (χ3n) is 5.84. The Balaban J connectivity index is 1.51. The van der Waals surface area contributed by atoms with Crippen LogP contribution in [0.25, 0.3) is 5.69 Å². The Morgan fingerprint density at radius 2 is 2.03 bits per heavy atom. The summed E-state index contributed by atoms with van der Waals surface area (Å²) in [4.78, 5) is 15.2. The van der Waals surface area contributed by atoms with Crippen LogP contribution in [-0.4, -0.2) is 52.1 Å². The quantitative estimate of drug-likeness (QED) is 0.475. The number of hydrogen-bond donors (Lipinski definition) is 0. The van der Waals surface area contributed by atoms with Crippen LogP contribution in [0.1, 0.15) is 36.9 Å². The second-order valence-corrected chi connectivity index (χ2v) is 8.55. The van der Waals surface area contributed by atoms with E-state index >= 15 is 0 Å². The van der Waals surface area contributed by atoms with Crippen LogP contribution in [0.2, 0.25) is 0 Å². The Hall–Kier alpha value is -3.00. The number of carbonyl (C=O) groups excluding carboxylic acids is 1. The van der Waals surface area contributed by atoms with Gasteiger partial charge >= 0.3 is 0 Å². The molecule has 32 heavy (non-hydrogen) atoms. The number of benzene rings is 2. The molecule has 7 nitrogen and oxygen atoms in total. The van der Waals surface area contributed by atoms with E-state index in [1.165, 1.54) is 17.3 Å². The summed E-state index contributed by atoms with van der Waals surface area (Å²) in [7, 11) is 3.30. The summed E-state index contributed by atoms with van der Waals surface area (Å²) in [5, 5.41) is 9.07. The van der Waals surface area contributed by atoms with Crippen LogP contribution in [0.4, 0.5) is 0 Å². The van der Waals surface area contributed by atoms with Crippen LogP contribution in [0.15, 0.2) is 53.9 Å². The van der Waals surface area contributed by atoms with Crippen molar-refractivity contribution in [1.29, 1.82) is 0 Å². The second kappa shape index (κ2) is 10.1. The van der Waals surface area contributed by atoms with Crippen LogP contribution in [-0.2, 0) is 11.2 Å². The smallest absolute Gasteiger partial charge is 0.233 e. The fraction of sp³-hybridized carbons (Fsp3) is 0.375. The van der Waals surface area contributed by atoms with E-state index in [-0.39, 0.29) is 11.9 Å². The lowest BCUT2D eigenvalue weighted by molar-refractivity contribution is -0.129. The number of likely N-dealkylation sites (tertiary alicyclic amines) is 1. The van der Waals surface area contributed by atoms with E-state index in [1.807, 2.05) is 39.8 Å². The lowest BCUT2D eigenvalue weighted by Crippen LogP contribution is -2.32.